The van der Waals surface area contributed by atoms with Crippen LogP contribution < -0.4 is 4.90 Å². The second-order valence-electron chi connectivity index (χ2n) is 9.90. The van der Waals surface area contributed by atoms with Crippen LogP contribution in [0.3, 0.4) is 0 Å². The second kappa shape index (κ2) is 11.0. The number of benzene rings is 1. The van der Waals surface area contributed by atoms with Gasteiger partial charge in [-0.3, -0.25) is 14.4 Å². The van der Waals surface area contributed by atoms with Crippen molar-refractivity contribution in [2.24, 2.45) is 11.8 Å². The lowest BCUT2D eigenvalue weighted by Gasteiger charge is -2.36. The van der Waals surface area contributed by atoms with Gasteiger partial charge in [0.05, 0.1) is 18.1 Å². The molecular weight excluding hydrogens is 496 g/mol. The zero-order valence-electron chi connectivity index (χ0n) is 21.2. The number of anilines is 1. The van der Waals surface area contributed by atoms with E-state index in [0.717, 1.165) is 0 Å². The summed E-state index contributed by atoms with van der Waals surface area (Å²) in [6, 6.07) is 5.93. The van der Waals surface area contributed by atoms with Crippen molar-refractivity contribution in [1.82, 2.24) is 4.90 Å². The topological polar surface area (TPSA) is 96.4 Å². The zero-order chi connectivity index (χ0) is 26.8. The summed E-state index contributed by atoms with van der Waals surface area (Å²) in [4.78, 5) is 44.8. The molecule has 3 heterocycles. The van der Waals surface area contributed by atoms with E-state index in [4.69, 9.17) is 21.1 Å². The van der Waals surface area contributed by atoms with E-state index < -0.39 is 35.0 Å². The third kappa shape index (κ3) is 4.49. The quantitative estimate of drug-likeness (QED) is 0.252. The van der Waals surface area contributed by atoms with Crippen LogP contribution >= 0.6 is 11.6 Å². The Morgan fingerprint density at radius 2 is 2.00 bits per heavy atom. The van der Waals surface area contributed by atoms with Gasteiger partial charge in [-0.05, 0) is 56.4 Å². The third-order valence-electron chi connectivity index (χ3n) is 8.01. The van der Waals surface area contributed by atoms with Gasteiger partial charge in [-0.1, -0.05) is 30.7 Å². The van der Waals surface area contributed by atoms with Crippen molar-refractivity contribution in [3.63, 3.8) is 0 Å². The van der Waals surface area contributed by atoms with Gasteiger partial charge < -0.3 is 24.4 Å². The number of fused-ring (bicyclic) bond motifs is 1. The van der Waals surface area contributed by atoms with Crippen LogP contribution in [0.2, 0.25) is 5.02 Å². The number of ether oxygens (including phenoxy) is 2. The number of hydrogen-bond donors (Lipinski definition) is 1. The Labute approximate surface area is 222 Å². The molecule has 0 saturated carbocycles. The standard InChI is InChI=1S/C28H35ClN2O6/c1-4-7-18-36-26(35)22-21-24(33)31(16-8-17-32)23(28(21)14-13-27(22,6-3)37-28)25(34)30(15-5-2)20-11-9-19(29)10-12-20/h4-5,9-12,21-23,32H,1-2,6-8,13-18H2,3H3/t21-,22+,23?,27-,28?/m0/s1. The Hall–Kier alpha value is -2.68. The molecule has 3 aliphatic heterocycles. The summed E-state index contributed by atoms with van der Waals surface area (Å²) in [6.45, 7) is 9.84. The van der Waals surface area contributed by atoms with Crippen molar-refractivity contribution in [1.29, 1.82) is 0 Å². The number of rotatable bonds is 12. The first-order valence-corrected chi connectivity index (χ1v) is 13.2. The maximum absolute atomic E-state index is 14.3. The maximum Gasteiger partial charge on any atom is 0.312 e. The molecule has 1 aromatic rings. The highest BCUT2D eigenvalue weighted by Crippen LogP contribution is 2.64. The predicted octanol–water partition coefficient (Wildman–Crippen LogP) is 3.52. The fourth-order valence-corrected chi connectivity index (χ4v) is 6.52. The molecule has 2 amide bonds. The number of hydrogen-bond acceptors (Lipinski definition) is 6. The van der Waals surface area contributed by atoms with E-state index in [1.807, 2.05) is 6.92 Å². The highest BCUT2D eigenvalue weighted by molar-refractivity contribution is 6.30. The first-order valence-electron chi connectivity index (χ1n) is 12.9. The Morgan fingerprint density at radius 3 is 2.62 bits per heavy atom. The van der Waals surface area contributed by atoms with Crippen LogP contribution in [0.25, 0.3) is 0 Å². The normalized spacial score (nSPS) is 29.8. The maximum atomic E-state index is 14.3. The average molecular weight is 531 g/mol. The Bertz CT molecular complexity index is 1060. The minimum Gasteiger partial charge on any atom is -0.465 e. The van der Waals surface area contributed by atoms with Gasteiger partial charge in [-0.15, -0.1) is 13.2 Å². The number of carbonyl (C=O) groups excluding carboxylic acids is 3. The summed E-state index contributed by atoms with van der Waals surface area (Å²) in [6.07, 6.45) is 5.63. The summed E-state index contributed by atoms with van der Waals surface area (Å²) < 4.78 is 12.3. The SMILES string of the molecule is C=CCCOC(=O)[C@H]1[C@H]2C(=O)N(CCCO)C(C(=O)N(CC=C)c3ccc(Cl)cc3)C23CC[C@]1(CC)O3. The van der Waals surface area contributed by atoms with Gasteiger partial charge in [0.2, 0.25) is 5.91 Å². The number of esters is 1. The van der Waals surface area contributed by atoms with Crippen molar-refractivity contribution in [2.75, 3.05) is 31.2 Å². The molecule has 0 aromatic heterocycles. The fourth-order valence-electron chi connectivity index (χ4n) is 6.39. The molecule has 1 spiro atoms. The van der Waals surface area contributed by atoms with E-state index >= 15 is 0 Å². The molecule has 2 unspecified atom stereocenters. The van der Waals surface area contributed by atoms with E-state index in [9.17, 15) is 19.5 Å². The van der Waals surface area contributed by atoms with Crippen LogP contribution in [0.1, 0.15) is 39.0 Å². The van der Waals surface area contributed by atoms with Crippen LogP contribution in [0.5, 0.6) is 0 Å². The monoisotopic (exact) mass is 530 g/mol. The number of carbonyl (C=O) groups is 3. The van der Waals surface area contributed by atoms with Crippen LogP contribution in [0, 0.1) is 11.8 Å². The summed E-state index contributed by atoms with van der Waals surface area (Å²) in [5.74, 6) is -2.73. The van der Waals surface area contributed by atoms with Gasteiger partial charge >= 0.3 is 5.97 Å². The van der Waals surface area contributed by atoms with Gasteiger partial charge in [-0.2, -0.15) is 0 Å². The molecule has 1 aromatic carbocycles. The van der Waals surface area contributed by atoms with Crippen molar-refractivity contribution in [3.05, 3.63) is 54.6 Å². The van der Waals surface area contributed by atoms with Crippen LogP contribution in [-0.2, 0) is 23.9 Å². The first kappa shape index (κ1) is 27.4. The fraction of sp³-hybridized carbons (Fsp3) is 0.536. The second-order valence-corrected chi connectivity index (χ2v) is 10.3. The Balaban J connectivity index is 1.77. The third-order valence-corrected chi connectivity index (χ3v) is 8.26. The Morgan fingerprint density at radius 1 is 1.27 bits per heavy atom. The molecule has 8 nitrogen and oxygen atoms in total. The molecule has 3 saturated heterocycles. The molecule has 0 aliphatic carbocycles. The highest BCUT2D eigenvalue weighted by Gasteiger charge is 2.79. The van der Waals surface area contributed by atoms with E-state index in [1.165, 1.54) is 4.90 Å². The minimum absolute atomic E-state index is 0.136. The number of halogens is 1. The molecule has 2 bridgehead atoms. The van der Waals surface area contributed by atoms with Gasteiger partial charge in [-0.25, -0.2) is 0 Å². The van der Waals surface area contributed by atoms with Crippen molar-refractivity contribution in [2.45, 2.75) is 56.3 Å². The van der Waals surface area contributed by atoms with Crippen LogP contribution in [0.4, 0.5) is 5.69 Å². The highest BCUT2D eigenvalue weighted by atomic mass is 35.5. The predicted molar refractivity (Wildman–Crippen MR) is 140 cm³/mol. The molecule has 1 N–H and O–H groups in total. The number of aliphatic hydroxyl groups is 1. The van der Waals surface area contributed by atoms with E-state index in [0.29, 0.717) is 42.8 Å². The van der Waals surface area contributed by atoms with Gasteiger partial charge in [0.15, 0.2) is 0 Å². The van der Waals surface area contributed by atoms with Crippen molar-refractivity contribution in [3.8, 4) is 0 Å². The lowest BCUT2D eigenvalue weighted by atomic mass is 9.65. The first-order chi connectivity index (χ1) is 17.8. The molecule has 9 heteroatoms. The van der Waals surface area contributed by atoms with Crippen molar-refractivity contribution >= 4 is 35.1 Å². The molecule has 37 heavy (non-hydrogen) atoms. The number of likely N-dealkylation sites (tertiary alicyclic amines) is 1. The summed E-state index contributed by atoms with van der Waals surface area (Å²) >= 11 is 6.08. The lowest BCUT2D eigenvalue weighted by Crippen LogP contribution is -2.56. The van der Waals surface area contributed by atoms with E-state index in [-0.39, 0.29) is 38.1 Å². The lowest BCUT2D eigenvalue weighted by molar-refractivity contribution is -0.160. The molecule has 200 valence electrons. The Kier molecular flexibility index (Phi) is 8.11. The summed E-state index contributed by atoms with van der Waals surface area (Å²) in [5, 5.41) is 10.1. The van der Waals surface area contributed by atoms with Crippen LogP contribution in [0.15, 0.2) is 49.6 Å². The van der Waals surface area contributed by atoms with Gasteiger partial charge in [0, 0.05) is 30.4 Å². The molecular formula is C28H35ClN2O6. The molecule has 5 atom stereocenters. The largest absolute Gasteiger partial charge is 0.465 e. The van der Waals surface area contributed by atoms with Crippen molar-refractivity contribution < 1.29 is 29.0 Å². The van der Waals surface area contributed by atoms with E-state index in [2.05, 4.69) is 13.2 Å². The van der Waals surface area contributed by atoms with Gasteiger partial charge in [0.25, 0.3) is 5.91 Å². The smallest absolute Gasteiger partial charge is 0.312 e. The van der Waals surface area contributed by atoms with Gasteiger partial charge in [0.1, 0.15) is 17.6 Å². The summed E-state index contributed by atoms with van der Waals surface area (Å²) in [5.41, 5.74) is -1.41. The molecule has 3 fully saturated rings. The zero-order valence-corrected chi connectivity index (χ0v) is 22.0. The molecule has 0 radical (unpaired) electrons. The number of aliphatic hydroxyl groups excluding tert-OH is 1. The number of amides is 2. The van der Waals surface area contributed by atoms with E-state index in [1.54, 1.807) is 41.3 Å². The number of nitrogens with zero attached hydrogens (tertiary/aromatic N) is 2. The molecule has 4 rings (SSSR count). The summed E-state index contributed by atoms with van der Waals surface area (Å²) in [7, 11) is 0. The minimum atomic E-state index is -1.16. The van der Waals surface area contributed by atoms with Crippen LogP contribution in [-0.4, -0.2) is 71.3 Å². The molecule has 3 aliphatic rings. The average Bonchev–Trinajstić information content (AvgIpc) is 3.50.